The number of aryl methyl sites for hydroxylation is 1. The summed E-state index contributed by atoms with van der Waals surface area (Å²) in [5.74, 6) is -0.366. The SMILES string of the molecule is CCCC(C)(N)C(=O)Nc1ccc(F)c(-n2nnnc2C)c1.Cl. The quantitative estimate of drug-likeness (QED) is 0.865. The Morgan fingerprint density at radius 3 is 2.74 bits per heavy atom. The summed E-state index contributed by atoms with van der Waals surface area (Å²) in [6, 6.07) is 4.19. The Balaban J connectivity index is 0.00000264. The van der Waals surface area contributed by atoms with Crippen molar-refractivity contribution in [1.29, 1.82) is 0 Å². The maximum Gasteiger partial charge on any atom is 0.244 e. The molecule has 1 unspecified atom stereocenters. The minimum absolute atomic E-state index is 0. The molecule has 0 bridgehead atoms. The van der Waals surface area contributed by atoms with Crippen LogP contribution in [-0.4, -0.2) is 31.7 Å². The second-order valence-corrected chi connectivity index (χ2v) is 5.43. The summed E-state index contributed by atoms with van der Waals surface area (Å²) in [7, 11) is 0. The molecule has 23 heavy (non-hydrogen) atoms. The van der Waals surface area contributed by atoms with Gasteiger partial charge in [0.05, 0.1) is 5.54 Å². The summed E-state index contributed by atoms with van der Waals surface area (Å²) >= 11 is 0. The van der Waals surface area contributed by atoms with Gasteiger partial charge in [-0.2, -0.15) is 4.68 Å². The lowest BCUT2D eigenvalue weighted by Crippen LogP contribution is -2.48. The molecule has 0 spiro atoms. The van der Waals surface area contributed by atoms with Crippen molar-refractivity contribution in [3.63, 3.8) is 0 Å². The van der Waals surface area contributed by atoms with Crippen LogP contribution in [0.2, 0.25) is 0 Å². The predicted molar refractivity (Wildman–Crippen MR) is 87.2 cm³/mol. The second kappa shape index (κ2) is 7.47. The van der Waals surface area contributed by atoms with Crippen molar-refractivity contribution in [2.75, 3.05) is 5.32 Å². The monoisotopic (exact) mass is 342 g/mol. The molecule has 3 N–H and O–H groups in total. The molecule has 1 atom stereocenters. The Morgan fingerprint density at radius 1 is 1.48 bits per heavy atom. The molecule has 2 aromatic rings. The molecule has 0 radical (unpaired) electrons. The van der Waals surface area contributed by atoms with E-state index in [4.69, 9.17) is 5.73 Å². The van der Waals surface area contributed by atoms with Crippen LogP contribution in [0.4, 0.5) is 10.1 Å². The molecular formula is C14H20ClFN6O. The molecule has 126 valence electrons. The number of rotatable bonds is 5. The van der Waals surface area contributed by atoms with E-state index in [0.29, 0.717) is 17.9 Å². The van der Waals surface area contributed by atoms with Gasteiger partial charge in [0.15, 0.2) is 5.82 Å². The Morgan fingerprint density at radius 2 is 2.17 bits per heavy atom. The van der Waals surface area contributed by atoms with Crippen molar-refractivity contribution >= 4 is 24.0 Å². The van der Waals surface area contributed by atoms with Gasteiger partial charge in [0.2, 0.25) is 5.91 Å². The van der Waals surface area contributed by atoms with E-state index < -0.39 is 11.4 Å². The van der Waals surface area contributed by atoms with Crippen molar-refractivity contribution in [3.8, 4) is 5.69 Å². The van der Waals surface area contributed by atoms with E-state index in [1.54, 1.807) is 13.8 Å². The van der Waals surface area contributed by atoms with Crippen LogP contribution in [-0.2, 0) is 4.79 Å². The van der Waals surface area contributed by atoms with Crippen molar-refractivity contribution < 1.29 is 9.18 Å². The zero-order chi connectivity index (χ0) is 16.3. The Hall–Kier alpha value is -2.06. The molecule has 2 rings (SSSR count). The number of benzene rings is 1. The first kappa shape index (κ1) is 19.0. The number of tetrazole rings is 1. The number of halogens is 2. The third-order valence-corrected chi connectivity index (χ3v) is 3.35. The van der Waals surface area contributed by atoms with Crippen molar-refractivity contribution in [3.05, 3.63) is 29.8 Å². The lowest BCUT2D eigenvalue weighted by atomic mass is 9.96. The van der Waals surface area contributed by atoms with Crippen LogP contribution in [0, 0.1) is 12.7 Å². The minimum Gasteiger partial charge on any atom is -0.324 e. The zero-order valence-corrected chi connectivity index (χ0v) is 14.0. The van der Waals surface area contributed by atoms with Gasteiger partial charge in [0.25, 0.3) is 0 Å². The average molecular weight is 343 g/mol. The second-order valence-electron chi connectivity index (χ2n) is 5.43. The van der Waals surface area contributed by atoms with Gasteiger partial charge in [-0.15, -0.1) is 17.5 Å². The summed E-state index contributed by atoms with van der Waals surface area (Å²) in [5.41, 5.74) is 5.60. The van der Waals surface area contributed by atoms with E-state index in [2.05, 4.69) is 20.8 Å². The normalized spacial score (nSPS) is 13.1. The fourth-order valence-corrected chi connectivity index (χ4v) is 2.11. The number of hydrogen-bond donors (Lipinski definition) is 2. The summed E-state index contributed by atoms with van der Waals surface area (Å²) in [4.78, 5) is 12.2. The van der Waals surface area contributed by atoms with Crippen molar-refractivity contribution in [2.45, 2.75) is 39.2 Å². The fourth-order valence-electron chi connectivity index (χ4n) is 2.11. The number of hydrogen-bond acceptors (Lipinski definition) is 5. The van der Waals surface area contributed by atoms with Gasteiger partial charge in [-0.05, 0) is 48.9 Å². The number of aromatic nitrogens is 4. The highest BCUT2D eigenvalue weighted by Crippen LogP contribution is 2.20. The number of amides is 1. The highest BCUT2D eigenvalue weighted by molar-refractivity contribution is 5.97. The lowest BCUT2D eigenvalue weighted by molar-refractivity contribution is -0.120. The highest BCUT2D eigenvalue weighted by Gasteiger charge is 2.27. The van der Waals surface area contributed by atoms with Gasteiger partial charge in [-0.3, -0.25) is 4.79 Å². The molecule has 0 aliphatic rings. The molecule has 0 aliphatic carbocycles. The number of nitrogens with one attached hydrogen (secondary N) is 1. The topological polar surface area (TPSA) is 98.7 Å². The van der Waals surface area contributed by atoms with Crippen LogP contribution < -0.4 is 11.1 Å². The highest BCUT2D eigenvalue weighted by atomic mass is 35.5. The molecule has 1 heterocycles. The van der Waals surface area contributed by atoms with E-state index in [-0.39, 0.29) is 24.0 Å². The van der Waals surface area contributed by atoms with Crippen molar-refractivity contribution in [1.82, 2.24) is 20.2 Å². The van der Waals surface area contributed by atoms with Gasteiger partial charge < -0.3 is 11.1 Å². The Kier molecular flexibility index (Phi) is 6.17. The lowest BCUT2D eigenvalue weighted by Gasteiger charge is -2.23. The van der Waals surface area contributed by atoms with E-state index in [9.17, 15) is 9.18 Å². The van der Waals surface area contributed by atoms with Gasteiger partial charge in [0.1, 0.15) is 11.5 Å². The molecule has 1 amide bonds. The van der Waals surface area contributed by atoms with E-state index >= 15 is 0 Å². The maximum absolute atomic E-state index is 14.0. The summed E-state index contributed by atoms with van der Waals surface area (Å²) in [5, 5.41) is 13.6. The summed E-state index contributed by atoms with van der Waals surface area (Å²) < 4.78 is 15.2. The third-order valence-electron chi connectivity index (χ3n) is 3.35. The first-order chi connectivity index (χ1) is 10.3. The third kappa shape index (κ3) is 4.23. The molecule has 1 aromatic carbocycles. The van der Waals surface area contributed by atoms with Crippen LogP contribution in [0.1, 0.15) is 32.5 Å². The largest absolute Gasteiger partial charge is 0.324 e. The number of anilines is 1. The van der Waals surface area contributed by atoms with Crippen LogP contribution in [0.15, 0.2) is 18.2 Å². The standard InChI is InChI=1S/C14H19FN6O.ClH/c1-4-7-14(3,16)13(22)17-10-5-6-11(15)12(8-10)21-9(2)18-19-20-21;/h5-6,8H,4,7,16H2,1-3H3,(H,17,22);1H. The van der Waals surface area contributed by atoms with Crippen molar-refractivity contribution in [2.24, 2.45) is 5.73 Å². The summed E-state index contributed by atoms with van der Waals surface area (Å²) in [6.07, 6.45) is 1.35. The van der Waals surface area contributed by atoms with Crippen LogP contribution in [0.5, 0.6) is 0 Å². The van der Waals surface area contributed by atoms with E-state index in [1.807, 2.05) is 6.92 Å². The maximum atomic E-state index is 14.0. The molecule has 0 aliphatic heterocycles. The molecule has 0 saturated heterocycles. The number of carbonyl (C=O) groups is 1. The van der Waals surface area contributed by atoms with Gasteiger partial charge in [-0.25, -0.2) is 4.39 Å². The van der Waals surface area contributed by atoms with Gasteiger partial charge in [0, 0.05) is 5.69 Å². The number of nitrogens with two attached hydrogens (primary N) is 1. The molecule has 9 heteroatoms. The number of carbonyl (C=O) groups excluding carboxylic acids is 1. The van der Waals surface area contributed by atoms with Gasteiger partial charge >= 0.3 is 0 Å². The average Bonchev–Trinajstić information content (AvgIpc) is 2.87. The van der Waals surface area contributed by atoms with Gasteiger partial charge in [-0.1, -0.05) is 13.3 Å². The zero-order valence-electron chi connectivity index (χ0n) is 13.2. The van der Waals surface area contributed by atoms with Crippen LogP contribution >= 0.6 is 12.4 Å². The summed E-state index contributed by atoms with van der Waals surface area (Å²) in [6.45, 7) is 5.28. The van der Waals surface area contributed by atoms with E-state index in [0.717, 1.165) is 6.42 Å². The Bertz CT molecular complexity index is 688. The molecule has 0 saturated carbocycles. The van der Waals surface area contributed by atoms with Crippen LogP contribution in [0.3, 0.4) is 0 Å². The first-order valence-corrected chi connectivity index (χ1v) is 7.00. The molecule has 1 aromatic heterocycles. The Labute approximate surface area is 139 Å². The van der Waals surface area contributed by atoms with Crippen LogP contribution in [0.25, 0.3) is 5.69 Å². The molecule has 7 nitrogen and oxygen atoms in total. The fraction of sp³-hybridized carbons (Fsp3) is 0.429. The molecule has 0 fully saturated rings. The predicted octanol–water partition coefficient (Wildman–Crippen LogP) is 1.99. The smallest absolute Gasteiger partial charge is 0.244 e. The molecular weight excluding hydrogens is 323 g/mol. The van der Waals surface area contributed by atoms with E-state index in [1.165, 1.54) is 22.9 Å². The number of nitrogens with zero attached hydrogens (tertiary/aromatic N) is 4. The first-order valence-electron chi connectivity index (χ1n) is 7.00. The minimum atomic E-state index is -0.978.